The first-order valence-corrected chi connectivity index (χ1v) is 10.7. The van der Waals surface area contributed by atoms with Gasteiger partial charge in [-0.25, -0.2) is 14.8 Å². The van der Waals surface area contributed by atoms with Crippen LogP contribution in [-0.4, -0.2) is 28.5 Å². The zero-order valence-electron chi connectivity index (χ0n) is 15.3. The van der Waals surface area contributed by atoms with E-state index in [1.807, 2.05) is 30.3 Å². The van der Waals surface area contributed by atoms with Gasteiger partial charge in [0.2, 0.25) is 0 Å². The zero-order valence-corrected chi connectivity index (χ0v) is 18.4. The molecule has 0 unspecified atom stereocenters. The Kier molecular flexibility index (Phi) is 6.08. The highest BCUT2D eigenvalue weighted by atomic mass is 79.9. The van der Waals surface area contributed by atoms with Gasteiger partial charge in [-0.15, -0.1) is 0 Å². The van der Waals surface area contributed by atoms with Crippen molar-refractivity contribution in [3.05, 3.63) is 75.2 Å². The van der Waals surface area contributed by atoms with Crippen LogP contribution in [0.5, 0.6) is 0 Å². The van der Waals surface area contributed by atoms with Gasteiger partial charge in [0.15, 0.2) is 11.7 Å². The first-order chi connectivity index (χ1) is 14.5. The number of aromatic nitrogens is 2. The Labute approximate surface area is 189 Å². The van der Waals surface area contributed by atoms with Crippen LogP contribution < -0.4 is 5.32 Å². The molecule has 0 radical (unpaired) electrons. The van der Waals surface area contributed by atoms with Crippen molar-refractivity contribution in [3.63, 3.8) is 0 Å². The van der Waals surface area contributed by atoms with E-state index in [0.717, 1.165) is 9.35 Å². The number of nitrogens with one attached hydrogen (secondary N) is 1. The lowest BCUT2D eigenvalue weighted by Gasteiger charge is -2.10. The van der Waals surface area contributed by atoms with E-state index in [0.29, 0.717) is 32.3 Å². The first-order valence-electron chi connectivity index (χ1n) is 8.73. The fraction of sp³-hybridized carbons (Fsp3) is 0.0476. The van der Waals surface area contributed by atoms with Crippen LogP contribution in [0, 0.1) is 0 Å². The molecule has 0 aliphatic carbocycles. The topological polar surface area (TPSA) is 81.2 Å². The molecule has 150 valence electrons. The Morgan fingerprint density at radius 1 is 1.13 bits per heavy atom. The standard InChI is InChI=1S/C21H13BrClN3O3S/c22-18-10-24-21(30-18)26-19(27)11-29-20(28)15-9-17(12-5-7-13(23)8-6-12)25-16-4-2-1-3-14(15)16/h1-10H,11H2,(H,24,26,27). The molecule has 1 amide bonds. The fourth-order valence-corrected chi connectivity index (χ4v) is 4.04. The van der Waals surface area contributed by atoms with Crippen LogP contribution >= 0.6 is 38.9 Å². The van der Waals surface area contributed by atoms with Crippen molar-refractivity contribution in [1.82, 2.24) is 9.97 Å². The predicted molar refractivity (Wildman–Crippen MR) is 121 cm³/mol. The fourth-order valence-electron chi connectivity index (χ4n) is 2.79. The minimum atomic E-state index is -0.612. The normalized spacial score (nSPS) is 10.7. The highest BCUT2D eigenvalue weighted by Gasteiger charge is 2.17. The summed E-state index contributed by atoms with van der Waals surface area (Å²) < 4.78 is 6.04. The molecule has 2 aromatic heterocycles. The number of amides is 1. The van der Waals surface area contributed by atoms with Crippen LogP contribution in [0.4, 0.5) is 5.13 Å². The van der Waals surface area contributed by atoms with E-state index < -0.39 is 18.5 Å². The Morgan fingerprint density at radius 3 is 2.63 bits per heavy atom. The van der Waals surface area contributed by atoms with Crippen molar-refractivity contribution in [2.24, 2.45) is 0 Å². The highest BCUT2D eigenvalue weighted by Crippen LogP contribution is 2.27. The van der Waals surface area contributed by atoms with Crippen LogP contribution in [0.3, 0.4) is 0 Å². The molecular formula is C21H13BrClN3O3S. The number of fused-ring (bicyclic) bond motifs is 1. The molecule has 0 spiro atoms. The summed E-state index contributed by atoms with van der Waals surface area (Å²) >= 11 is 10.5. The van der Waals surface area contributed by atoms with E-state index in [-0.39, 0.29) is 0 Å². The Balaban J connectivity index is 1.58. The largest absolute Gasteiger partial charge is 0.452 e. The number of rotatable bonds is 5. The molecular weight excluding hydrogens is 490 g/mol. The van der Waals surface area contributed by atoms with Gasteiger partial charge < -0.3 is 4.74 Å². The van der Waals surface area contributed by atoms with E-state index in [1.165, 1.54) is 11.3 Å². The number of esters is 1. The second kappa shape index (κ2) is 8.91. The number of thiazole rings is 1. The molecule has 4 aromatic rings. The number of carbonyl (C=O) groups is 2. The number of halogens is 2. The lowest BCUT2D eigenvalue weighted by Crippen LogP contribution is -2.21. The molecule has 2 heterocycles. The van der Waals surface area contributed by atoms with Crippen LogP contribution in [-0.2, 0) is 9.53 Å². The second-order valence-corrected chi connectivity index (χ2v) is 9.02. The molecule has 0 saturated carbocycles. The average molecular weight is 503 g/mol. The van der Waals surface area contributed by atoms with Gasteiger partial charge in [0.25, 0.3) is 5.91 Å². The predicted octanol–water partition coefficient (Wildman–Crippen LogP) is 5.57. The lowest BCUT2D eigenvalue weighted by atomic mass is 10.0. The number of ether oxygens (including phenoxy) is 1. The van der Waals surface area contributed by atoms with E-state index in [4.69, 9.17) is 16.3 Å². The Hall–Kier alpha value is -2.81. The summed E-state index contributed by atoms with van der Waals surface area (Å²) in [6, 6.07) is 16.1. The third-order valence-corrected chi connectivity index (χ3v) is 5.78. The average Bonchev–Trinajstić information content (AvgIpc) is 3.16. The van der Waals surface area contributed by atoms with Crippen molar-refractivity contribution in [3.8, 4) is 11.3 Å². The van der Waals surface area contributed by atoms with Crippen LogP contribution in [0.2, 0.25) is 5.02 Å². The molecule has 2 aromatic carbocycles. The molecule has 0 aliphatic heterocycles. The number of pyridine rings is 1. The summed E-state index contributed by atoms with van der Waals surface area (Å²) in [4.78, 5) is 33.5. The number of benzene rings is 2. The maximum absolute atomic E-state index is 12.8. The highest BCUT2D eigenvalue weighted by molar-refractivity contribution is 9.11. The summed E-state index contributed by atoms with van der Waals surface area (Å²) in [5.74, 6) is -1.08. The lowest BCUT2D eigenvalue weighted by molar-refractivity contribution is -0.119. The van der Waals surface area contributed by atoms with Crippen molar-refractivity contribution >= 4 is 66.8 Å². The quantitative estimate of drug-likeness (QED) is 0.361. The summed E-state index contributed by atoms with van der Waals surface area (Å²) in [5, 5.41) is 4.26. The third kappa shape index (κ3) is 4.67. The van der Waals surface area contributed by atoms with Crippen molar-refractivity contribution < 1.29 is 14.3 Å². The van der Waals surface area contributed by atoms with Gasteiger partial charge in [-0.05, 0) is 40.2 Å². The SMILES string of the molecule is O=C(COC(=O)c1cc(-c2ccc(Cl)cc2)nc2ccccc12)Nc1ncc(Br)s1. The van der Waals surface area contributed by atoms with Crippen molar-refractivity contribution in [1.29, 1.82) is 0 Å². The van der Waals surface area contributed by atoms with Gasteiger partial charge in [0, 0.05) is 16.0 Å². The second-order valence-electron chi connectivity index (χ2n) is 6.17. The molecule has 0 aliphatic rings. The molecule has 4 rings (SSSR count). The van der Waals surface area contributed by atoms with E-state index >= 15 is 0 Å². The monoisotopic (exact) mass is 501 g/mol. The molecule has 9 heteroatoms. The zero-order chi connectivity index (χ0) is 21.1. The van der Waals surface area contributed by atoms with Gasteiger partial charge in [-0.2, -0.15) is 0 Å². The van der Waals surface area contributed by atoms with Crippen LogP contribution in [0.1, 0.15) is 10.4 Å². The number of nitrogens with zero attached hydrogens (tertiary/aromatic N) is 2. The molecule has 0 atom stereocenters. The molecule has 0 saturated heterocycles. The summed E-state index contributed by atoms with van der Waals surface area (Å²) in [7, 11) is 0. The van der Waals surface area contributed by atoms with E-state index in [9.17, 15) is 9.59 Å². The molecule has 30 heavy (non-hydrogen) atoms. The number of anilines is 1. The van der Waals surface area contributed by atoms with Gasteiger partial charge >= 0.3 is 5.97 Å². The van der Waals surface area contributed by atoms with Crippen molar-refractivity contribution in [2.75, 3.05) is 11.9 Å². The molecule has 6 nitrogen and oxygen atoms in total. The molecule has 0 bridgehead atoms. The molecule has 1 N–H and O–H groups in total. The van der Waals surface area contributed by atoms with Gasteiger partial charge in [0.1, 0.15) is 0 Å². The maximum atomic E-state index is 12.8. The first kappa shape index (κ1) is 20.5. The van der Waals surface area contributed by atoms with Gasteiger partial charge in [-0.1, -0.05) is 53.3 Å². The summed E-state index contributed by atoms with van der Waals surface area (Å²) in [6.07, 6.45) is 1.58. The number of hydrogen-bond acceptors (Lipinski definition) is 6. The third-order valence-electron chi connectivity index (χ3n) is 4.13. The molecule has 0 fully saturated rings. The van der Waals surface area contributed by atoms with Crippen LogP contribution in [0.15, 0.2) is 64.6 Å². The maximum Gasteiger partial charge on any atom is 0.339 e. The number of carbonyl (C=O) groups excluding carboxylic acids is 2. The number of hydrogen-bond donors (Lipinski definition) is 1. The van der Waals surface area contributed by atoms with Crippen molar-refractivity contribution in [2.45, 2.75) is 0 Å². The van der Waals surface area contributed by atoms with Crippen LogP contribution in [0.25, 0.3) is 22.2 Å². The minimum Gasteiger partial charge on any atom is -0.452 e. The summed E-state index contributed by atoms with van der Waals surface area (Å²) in [6.45, 7) is -0.428. The van der Waals surface area contributed by atoms with E-state index in [1.54, 1.807) is 30.5 Å². The summed E-state index contributed by atoms with van der Waals surface area (Å²) in [5.41, 5.74) is 2.39. The minimum absolute atomic E-state index is 0.329. The van der Waals surface area contributed by atoms with Gasteiger partial charge in [0.05, 0.1) is 26.8 Å². The Bertz CT molecular complexity index is 1240. The smallest absolute Gasteiger partial charge is 0.339 e. The van der Waals surface area contributed by atoms with E-state index in [2.05, 4.69) is 31.2 Å². The Morgan fingerprint density at radius 2 is 1.90 bits per heavy atom. The number of para-hydroxylation sites is 1. The van der Waals surface area contributed by atoms with Gasteiger partial charge in [-0.3, -0.25) is 10.1 Å².